The van der Waals surface area contributed by atoms with Crippen molar-refractivity contribution in [2.75, 3.05) is 0 Å². The van der Waals surface area contributed by atoms with Crippen molar-refractivity contribution in [2.24, 2.45) is 17.8 Å². The van der Waals surface area contributed by atoms with Crippen LogP contribution in [0.2, 0.25) is 0 Å². The van der Waals surface area contributed by atoms with Gasteiger partial charge in [-0.05, 0) is 43.2 Å². The van der Waals surface area contributed by atoms with Crippen molar-refractivity contribution in [3.8, 4) is 0 Å². The van der Waals surface area contributed by atoms with Gasteiger partial charge in [-0.1, -0.05) is 12.1 Å². The van der Waals surface area contributed by atoms with Gasteiger partial charge in [0.15, 0.2) is 0 Å². The van der Waals surface area contributed by atoms with Crippen LogP contribution in [0.1, 0.15) is 19.3 Å². The van der Waals surface area contributed by atoms with Crippen molar-refractivity contribution in [1.82, 2.24) is 4.72 Å². The number of carboxylic acids is 1. The number of rotatable bonds is 4. The van der Waals surface area contributed by atoms with Crippen molar-refractivity contribution in [1.29, 1.82) is 0 Å². The second-order valence-corrected chi connectivity index (χ2v) is 7.46. The van der Waals surface area contributed by atoms with E-state index < -0.39 is 38.7 Å². The van der Waals surface area contributed by atoms with E-state index in [0.29, 0.717) is 0 Å². The summed E-state index contributed by atoms with van der Waals surface area (Å²) < 4.78 is 40.7. The molecule has 0 aliphatic heterocycles. The van der Waals surface area contributed by atoms with Gasteiger partial charge in [0.2, 0.25) is 10.0 Å². The van der Waals surface area contributed by atoms with Crippen molar-refractivity contribution in [3.63, 3.8) is 0 Å². The summed E-state index contributed by atoms with van der Waals surface area (Å²) in [5.74, 6) is -2.49. The first-order valence-corrected chi connectivity index (χ1v) is 8.38. The summed E-state index contributed by atoms with van der Waals surface area (Å²) >= 11 is 0. The molecule has 3 rings (SSSR count). The Labute approximate surface area is 122 Å². The summed E-state index contributed by atoms with van der Waals surface area (Å²) in [5, 5.41) is 9.32. The fraction of sp³-hybridized carbons (Fsp3) is 0.500. The smallest absolute Gasteiger partial charge is 0.308 e. The Kier molecular flexibility index (Phi) is 3.49. The maximum atomic E-state index is 13.7. The molecular formula is C14H16FNO4S. The lowest BCUT2D eigenvalue weighted by Gasteiger charge is -2.28. The predicted molar refractivity (Wildman–Crippen MR) is 72.5 cm³/mol. The molecule has 0 radical (unpaired) electrons. The highest BCUT2D eigenvalue weighted by molar-refractivity contribution is 7.89. The lowest BCUT2D eigenvalue weighted by Crippen LogP contribution is -2.46. The molecule has 1 aromatic carbocycles. The lowest BCUT2D eigenvalue weighted by atomic mass is 9.85. The van der Waals surface area contributed by atoms with Gasteiger partial charge in [-0.3, -0.25) is 4.79 Å². The molecule has 2 bridgehead atoms. The van der Waals surface area contributed by atoms with Crippen molar-refractivity contribution in [2.45, 2.75) is 30.2 Å². The normalized spacial score (nSPS) is 31.5. The SMILES string of the molecule is O=C(O)C1C2CCC(C2)C1NS(=O)(=O)c1ccccc1F. The van der Waals surface area contributed by atoms with Crippen LogP contribution in [0.3, 0.4) is 0 Å². The average molecular weight is 313 g/mol. The number of sulfonamides is 1. The zero-order valence-corrected chi connectivity index (χ0v) is 12.0. The Balaban J connectivity index is 1.89. The standard InChI is InChI=1S/C14H16FNO4S/c15-10-3-1-2-4-11(10)21(19,20)16-13-9-6-5-8(7-9)12(13)14(17)18/h1-4,8-9,12-13,16H,5-7H2,(H,17,18). The Morgan fingerprint density at radius 1 is 1.24 bits per heavy atom. The molecular weight excluding hydrogens is 297 g/mol. The van der Waals surface area contributed by atoms with Crippen LogP contribution in [0.25, 0.3) is 0 Å². The number of carbonyl (C=O) groups is 1. The van der Waals surface area contributed by atoms with Crippen LogP contribution < -0.4 is 4.72 Å². The van der Waals surface area contributed by atoms with E-state index in [1.165, 1.54) is 18.2 Å². The van der Waals surface area contributed by atoms with Gasteiger partial charge in [-0.2, -0.15) is 0 Å². The van der Waals surface area contributed by atoms with Crippen LogP contribution in [0.4, 0.5) is 4.39 Å². The number of carboxylic acid groups (broad SMARTS) is 1. The maximum Gasteiger partial charge on any atom is 0.308 e. The van der Waals surface area contributed by atoms with Gasteiger partial charge in [-0.25, -0.2) is 17.5 Å². The highest BCUT2D eigenvalue weighted by atomic mass is 32.2. The Hall–Kier alpha value is -1.47. The van der Waals surface area contributed by atoms with Gasteiger partial charge in [-0.15, -0.1) is 0 Å². The highest BCUT2D eigenvalue weighted by Crippen LogP contribution is 2.49. The first-order valence-electron chi connectivity index (χ1n) is 6.90. The minimum Gasteiger partial charge on any atom is -0.481 e. The summed E-state index contributed by atoms with van der Waals surface area (Å²) in [6, 6.07) is 4.45. The van der Waals surface area contributed by atoms with E-state index in [1.54, 1.807) is 0 Å². The third kappa shape index (κ3) is 2.44. The van der Waals surface area contributed by atoms with E-state index in [0.717, 1.165) is 25.3 Å². The molecule has 2 aliphatic carbocycles. The topological polar surface area (TPSA) is 83.5 Å². The van der Waals surface area contributed by atoms with Gasteiger partial charge in [0.1, 0.15) is 10.7 Å². The Morgan fingerprint density at radius 2 is 1.90 bits per heavy atom. The molecule has 0 amide bonds. The van der Waals surface area contributed by atoms with Crippen LogP contribution in [0.15, 0.2) is 29.2 Å². The van der Waals surface area contributed by atoms with E-state index in [4.69, 9.17) is 0 Å². The van der Waals surface area contributed by atoms with E-state index in [1.807, 2.05) is 0 Å². The second kappa shape index (κ2) is 5.06. The van der Waals surface area contributed by atoms with E-state index in [9.17, 15) is 22.7 Å². The van der Waals surface area contributed by atoms with Gasteiger partial charge in [0.25, 0.3) is 0 Å². The summed E-state index contributed by atoms with van der Waals surface area (Å²) in [6.07, 6.45) is 2.36. The molecule has 21 heavy (non-hydrogen) atoms. The molecule has 114 valence electrons. The molecule has 7 heteroatoms. The summed E-state index contributed by atoms with van der Waals surface area (Å²) in [6.45, 7) is 0. The predicted octanol–water partition coefficient (Wildman–Crippen LogP) is 1.60. The summed E-state index contributed by atoms with van der Waals surface area (Å²) in [7, 11) is -4.05. The quantitative estimate of drug-likeness (QED) is 0.884. The number of hydrogen-bond donors (Lipinski definition) is 2. The molecule has 2 aliphatic rings. The van der Waals surface area contributed by atoms with Crippen LogP contribution in [-0.4, -0.2) is 25.5 Å². The third-order valence-corrected chi connectivity index (χ3v) is 6.11. The monoisotopic (exact) mass is 313 g/mol. The summed E-state index contributed by atoms with van der Waals surface area (Å²) in [5.41, 5.74) is 0. The van der Waals surface area contributed by atoms with Gasteiger partial charge in [0.05, 0.1) is 5.92 Å². The third-order valence-electron chi connectivity index (χ3n) is 4.62. The molecule has 0 spiro atoms. The molecule has 1 aromatic rings. The van der Waals surface area contributed by atoms with E-state index in [-0.39, 0.29) is 11.8 Å². The largest absolute Gasteiger partial charge is 0.481 e. The van der Waals surface area contributed by atoms with Crippen LogP contribution in [0, 0.1) is 23.6 Å². The molecule has 5 nitrogen and oxygen atoms in total. The number of benzene rings is 1. The van der Waals surface area contributed by atoms with Gasteiger partial charge >= 0.3 is 5.97 Å². The lowest BCUT2D eigenvalue weighted by molar-refractivity contribution is -0.144. The first kappa shape index (κ1) is 14.5. The average Bonchev–Trinajstić information content (AvgIpc) is 2.99. The number of fused-ring (bicyclic) bond motifs is 2. The van der Waals surface area contributed by atoms with Crippen molar-refractivity contribution >= 4 is 16.0 Å². The highest BCUT2D eigenvalue weighted by Gasteiger charge is 2.52. The zero-order chi connectivity index (χ0) is 15.2. The molecule has 4 unspecified atom stereocenters. The minimum absolute atomic E-state index is 0.0146. The van der Waals surface area contributed by atoms with Gasteiger partial charge in [0, 0.05) is 6.04 Å². The molecule has 2 saturated carbocycles. The zero-order valence-electron chi connectivity index (χ0n) is 11.2. The van der Waals surface area contributed by atoms with Crippen LogP contribution in [-0.2, 0) is 14.8 Å². The Bertz CT molecular complexity index is 675. The molecule has 0 aromatic heterocycles. The molecule has 0 saturated heterocycles. The second-order valence-electron chi connectivity index (χ2n) is 5.77. The van der Waals surface area contributed by atoms with E-state index >= 15 is 0 Å². The van der Waals surface area contributed by atoms with Crippen LogP contribution in [0.5, 0.6) is 0 Å². The fourth-order valence-corrected chi connectivity index (χ4v) is 5.13. The molecule has 2 N–H and O–H groups in total. The summed E-state index contributed by atoms with van der Waals surface area (Å²) in [4.78, 5) is 10.9. The molecule has 2 fully saturated rings. The fourth-order valence-electron chi connectivity index (χ4n) is 3.72. The molecule has 0 heterocycles. The molecule has 4 atom stereocenters. The van der Waals surface area contributed by atoms with E-state index in [2.05, 4.69) is 4.72 Å². The maximum absolute atomic E-state index is 13.7. The first-order chi connectivity index (χ1) is 9.90. The number of aliphatic carboxylic acids is 1. The number of hydrogen-bond acceptors (Lipinski definition) is 3. The van der Waals surface area contributed by atoms with Crippen molar-refractivity contribution in [3.05, 3.63) is 30.1 Å². The van der Waals surface area contributed by atoms with Crippen LogP contribution >= 0.6 is 0 Å². The van der Waals surface area contributed by atoms with Crippen molar-refractivity contribution < 1.29 is 22.7 Å². The van der Waals surface area contributed by atoms with Gasteiger partial charge < -0.3 is 5.11 Å². The minimum atomic E-state index is -4.05. The Morgan fingerprint density at radius 3 is 2.57 bits per heavy atom. The number of halogens is 1. The number of nitrogens with one attached hydrogen (secondary N) is 1.